The third kappa shape index (κ3) is 3.49. The van der Waals surface area contributed by atoms with Crippen molar-refractivity contribution in [2.45, 2.75) is 13.0 Å². The molecule has 0 bridgehead atoms. The van der Waals surface area contributed by atoms with Crippen molar-refractivity contribution in [1.29, 1.82) is 0 Å². The Balaban J connectivity index is 1.62. The molecule has 3 aromatic rings. The number of sulfonamides is 1. The maximum absolute atomic E-state index is 12.1. The van der Waals surface area contributed by atoms with E-state index in [4.69, 9.17) is 0 Å². The third-order valence-electron chi connectivity index (χ3n) is 3.40. The third-order valence-corrected chi connectivity index (χ3v) is 4.72. The predicted molar refractivity (Wildman–Crippen MR) is 83.8 cm³/mol. The molecule has 7 heteroatoms. The summed E-state index contributed by atoms with van der Waals surface area (Å²) in [5.74, 6) is 0.0518. The number of aryl methyl sites for hydroxylation is 1. The molecule has 0 aliphatic heterocycles. The molecule has 0 atom stereocenters. The lowest BCUT2D eigenvalue weighted by Crippen LogP contribution is -2.26. The summed E-state index contributed by atoms with van der Waals surface area (Å²) >= 11 is 0. The molecule has 114 valence electrons. The van der Waals surface area contributed by atoms with E-state index in [1.165, 1.54) is 0 Å². The second kappa shape index (κ2) is 6.25. The van der Waals surface area contributed by atoms with E-state index >= 15 is 0 Å². The van der Waals surface area contributed by atoms with E-state index in [0.717, 1.165) is 16.6 Å². The molecule has 0 amide bonds. The van der Waals surface area contributed by atoms with Crippen molar-refractivity contribution in [1.82, 2.24) is 19.3 Å². The molecule has 3 rings (SSSR count). The Morgan fingerprint density at radius 3 is 2.77 bits per heavy atom. The van der Waals surface area contributed by atoms with Gasteiger partial charge in [0, 0.05) is 30.7 Å². The molecule has 22 heavy (non-hydrogen) atoms. The van der Waals surface area contributed by atoms with Crippen LogP contribution in [0.25, 0.3) is 5.52 Å². The number of rotatable bonds is 6. The van der Waals surface area contributed by atoms with Gasteiger partial charge in [0.15, 0.2) is 0 Å². The van der Waals surface area contributed by atoms with Crippen molar-refractivity contribution < 1.29 is 8.42 Å². The summed E-state index contributed by atoms with van der Waals surface area (Å²) in [5.41, 5.74) is 2.71. The molecule has 0 fully saturated rings. The van der Waals surface area contributed by atoms with Gasteiger partial charge in [0.05, 0.1) is 17.5 Å². The fraction of sp³-hybridized carbons (Fsp3) is 0.200. The van der Waals surface area contributed by atoms with Crippen LogP contribution in [0, 0.1) is 0 Å². The topological polar surface area (TPSA) is 76.4 Å². The summed E-state index contributed by atoms with van der Waals surface area (Å²) < 4.78 is 28.5. The van der Waals surface area contributed by atoms with Crippen LogP contribution in [-0.4, -0.2) is 28.8 Å². The highest BCUT2D eigenvalue weighted by Gasteiger charge is 2.12. The van der Waals surface area contributed by atoms with Gasteiger partial charge in [-0.15, -0.1) is 0 Å². The molecule has 0 aliphatic carbocycles. The van der Waals surface area contributed by atoms with E-state index < -0.39 is 10.0 Å². The van der Waals surface area contributed by atoms with Gasteiger partial charge in [-0.25, -0.2) is 17.7 Å². The van der Waals surface area contributed by atoms with Gasteiger partial charge >= 0.3 is 0 Å². The van der Waals surface area contributed by atoms with E-state index in [0.29, 0.717) is 6.42 Å². The summed E-state index contributed by atoms with van der Waals surface area (Å²) in [5, 5.41) is 4.19. The van der Waals surface area contributed by atoms with Gasteiger partial charge in [0.25, 0.3) is 0 Å². The molecule has 0 saturated heterocycles. The standard InChI is InChI=1S/C15H16N4O2S/c20-22(21,10-6-13-4-7-16-8-5-13)18-12-14-11-17-19-9-2-1-3-15(14)19/h1-5,7-9,11,18H,6,10,12H2. The van der Waals surface area contributed by atoms with Crippen LogP contribution in [0.15, 0.2) is 55.1 Å². The minimum Gasteiger partial charge on any atom is -0.265 e. The zero-order valence-electron chi connectivity index (χ0n) is 11.9. The molecule has 0 aromatic carbocycles. The number of pyridine rings is 2. The van der Waals surface area contributed by atoms with Crippen LogP contribution >= 0.6 is 0 Å². The summed E-state index contributed by atoms with van der Waals surface area (Å²) in [6.45, 7) is 0.242. The highest BCUT2D eigenvalue weighted by molar-refractivity contribution is 7.89. The first kappa shape index (κ1) is 14.7. The van der Waals surface area contributed by atoms with Gasteiger partial charge in [0.2, 0.25) is 10.0 Å². The molecule has 0 unspecified atom stereocenters. The van der Waals surface area contributed by atoms with Gasteiger partial charge in [-0.1, -0.05) is 6.07 Å². The molecular weight excluding hydrogens is 300 g/mol. The number of nitrogens with zero attached hydrogens (tertiary/aromatic N) is 3. The van der Waals surface area contributed by atoms with E-state index in [2.05, 4.69) is 14.8 Å². The minimum absolute atomic E-state index is 0.0518. The molecular formula is C15H16N4O2S. The Morgan fingerprint density at radius 2 is 1.95 bits per heavy atom. The van der Waals surface area contributed by atoms with Crippen LogP contribution in [0.2, 0.25) is 0 Å². The second-order valence-electron chi connectivity index (χ2n) is 4.95. The normalized spacial score (nSPS) is 11.8. The van der Waals surface area contributed by atoms with Crippen molar-refractivity contribution in [3.63, 3.8) is 0 Å². The average Bonchev–Trinajstić information content (AvgIpc) is 2.96. The van der Waals surface area contributed by atoms with Crippen LogP contribution in [0.4, 0.5) is 0 Å². The number of nitrogens with one attached hydrogen (secondary N) is 1. The lowest BCUT2D eigenvalue weighted by Gasteiger charge is -2.06. The first-order chi connectivity index (χ1) is 10.6. The van der Waals surface area contributed by atoms with Crippen LogP contribution in [-0.2, 0) is 23.0 Å². The van der Waals surface area contributed by atoms with Gasteiger partial charge in [0.1, 0.15) is 0 Å². The largest absolute Gasteiger partial charge is 0.265 e. The molecule has 0 saturated carbocycles. The zero-order chi connectivity index (χ0) is 15.4. The van der Waals surface area contributed by atoms with Crippen molar-refractivity contribution in [2.75, 3.05) is 5.75 Å². The molecule has 1 N–H and O–H groups in total. The van der Waals surface area contributed by atoms with Crippen molar-refractivity contribution in [3.8, 4) is 0 Å². The summed E-state index contributed by atoms with van der Waals surface area (Å²) in [4.78, 5) is 3.91. The maximum atomic E-state index is 12.1. The van der Waals surface area contributed by atoms with Crippen LogP contribution in [0.3, 0.4) is 0 Å². The zero-order valence-corrected chi connectivity index (χ0v) is 12.7. The van der Waals surface area contributed by atoms with E-state index in [1.807, 2.05) is 36.5 Å². The van der Waals surface area contributed by atoms with Crippen molar-refractivity contribution in [3.05, 3.63) is 66.2 Å². The quantitative estimate of drug-likeness (QED) is 0.745. The number of aromatic nitrogens is 3. The Kier molecular flexibility index (Phi) is 4.17. The average molecular weight is 316 g/mol. The number of hydrogen-bond donors (Lipinski definition) is 1. The Labute approximate surface area is 128 Å². The first-order valence-electron chi connectivity index (χ1n) is 6.91. The maximum Gasteiger partial charge on any atom is 0.212 e. The van der Waals surface area contributed by atoms with Gasteiger partial charge < -0.3 is 0 Å². The van der Waals surface area contributed by atoms with Gasteiger partial charge in [-0.2, -0.15) is 5.10 Å². The molecule has 3 aromatic heterocycles. The molecule has 0 spiro atoms. The van der Waals surface area contributed by atoms with E-state index in [1.54, 1.807) is 23.1 Å². The number of hydrogen-bond acceptors (Lipinski definition) is 4. The summed E-state index contributed by atoms with van der Waals surface area (Å²) in [6.07, 6.45) is 7.30. The second-order valence-corrected chi connectivity index (χ2v) is 6.87. The highest BCUT2D eigenvalue weighted by atomic mass is 32.2. The Bertz CT molecular complexity index is 859. The monoisotopic (exact) mass is 316 g/mol. The number of fused-ring (bicyclic) bond motifs is 1. The fourth-order valence-corrected chi connectivity index (χ4v) is 3.21. The van der Waals surface area contributed by atoms with Crippen molar-refractivity contribution >= 4 is 15.5 Å². The fourth-order valence-electron chi connectivity index (χ4n) is 2.19. The molecule has 3 heterocycles. The van der Waals surface area contributed by atoms with Gasteiger partial charge in [-0.05, 0) is 36.2 Å². The van der Waals surface area contributed by atoms with Crippen molar-refractivity contribution in [2.24, 2.45) is 0 Å². The first-order valence-corrected chi connectivity index (χ1v) is 8.57. The minimum atomic E-state index is -3.33. The lowest BCUT2D eigenvalue weighted by atomic mass is 10.2. The summed E-state index contributed by atoms with van der Waals surface area (Å²) in [6, 6.07) is 9.33. The summed E-state index contributed by atoms with van der Waals surface area (Å²) in [7, 11) is -3.33. The lowest BCUT2D eigenvalue weighted by molar-refractivity contribution is 0.580. The molecule has 0 radical (unpaired) electrons. The predicted octanol–water partition coefficient (Wildman–Crippen LogP) is 1.39. The smallest absolute Gasteiger partial charge is 0.212 e. The molecule has 0 aliphatic rings. The SMILES string of the molecule is O=S(=O)(CCc1ccncc1)NCc1cnn2ccccc12. The van der Waals surface area contributed by atoms with Gasteiger partial charge in [-0.3, -0.25) is 4.98 Å². The van der Waals surface area contributed by atoms with Crippen LogP contribution in [0.5, 0.6) is 0 Å². The van der Waals surface area contributed by atoms with E-state index in [-0.39, 0.29) is 12.3 Å². The highest BCUT2D eigenvalue weighted by Crippen LogP contribution is 2.10. The Hall–Kier alpha value is -2.25. The van der Waals surface area contributed by atoms with Crippen LogP contribution in [0.1, 0.15) is 11.1 Å². The van der Waals surface area contributed by atoms with Crippen LogP contribution < -0.4 is 4.72 Å². The Morgan fingerprint density at radius 1 is 1.14 bits per heavy atom. The molecule has 6 nitrogen and oxygen atoms in total. The van der Waals surface area contributed by atoms with E-state index in [9.17, 15) is 8.42 Å².